The normalized spacial score (nSPS) is 12.4. The SMILES string of the molecule is Cc1ccc(S[C@@H](C)C(=O)NNC(=S)NC(C)(C)C)cc1. The fourth-order valence-corrected chi connectivity index (χ4v) is 2.69. The van der Waals surface area contributed by atoms with Crippen molar-refractivity contribution in [2.45, 2.75) is 50.3 Å². The fraction of sp³-hybridized carbons (Fsp3) is 0.467. The lowest BCUT2D eigenvalue weighted by Crippen LogP contribution is -2.53. The number of carbonyl (C=O) groups is 1. The summed E-state index contributed by atoms with van der Waals surface area (Å²) in [5.41, 5.74) is 6.41. The lowest BCUT2D eigenvalue weighted by molar-refractivity contribution is -0.120. The number of hydrogen-bond donors (Lipinski definition) is 3. The second kappa shape index (κ2) is 7.66. The zero-order chi connectivity index (χ0) is 16.0. The summed E-state index contributed by atoms with van der Waals surface area (Å²) in [5, 5.41) is 3.26. The van der Waals surface area contributed by atoms with Crippen LogP contribution in [0, 0.1) is 6.92 Å². The van der Waals surface area contributed by atoms with Crippen molar-refractivity contribution in [2.75, 3.05) is 0 Å². The molecule has 0 aliphatic rings. The number of rotatable bonds is 3. The Hall–Kier alpha value is -1.27. The van der Waals surface area contributed by atoms with E-state index < -0.39 is 0 Å². The first kappa shape index (κ1) is 17.8. The van der Waals surface area contributed by atoms with E-state index in [1.54, 1.807) is 0 Å². The van der Waals surface area contributed by atoms with Crippen LogP contribution < -0.4 is 16.2 Å². The van der Waals surface area contributed by atoms with Crippen LogP contribution in [-0.4, -0.2) is 21.8 Å². The van der Waals surface area contributed by atoms with E-state index in [1.807, 2.05) is 58.9 Å². The molecule has 0 aromatic heterocycles. The number of aryl methyl sites for hydroxylation is 1. The van der Waals surface area contributed by atoms with Gasteiger partial charge in [0.05, 0.1) is 5.25 Å². The van der Waals surface area contributed by atoms with E-state index in [0.717, 1.165) is 4.90 Å². The third kappa shape index (κ3) is 7.34. The summed E-state index contributed by atoms with van der Waals surface area (Å²) in [6.07, 6.45) is 0. The highest BCUT2D eigenvalue weighted by Crippen LogP contribution is 2.23. The van der Waals surface area contributed by atoms with E-state index in [0.29, 0.717) is 5.11 Å². The van der Waals surface area contributed by atoms with E-state index >= 15 is 0 Å². The first-order chi connectivity index (χ1) is 9.67. The Balaban J connectivity index is 2.41. The molecule has 4 nitrogen and oxygen atoms in total. The van der Waals surface area contributed by atoms with E-state index in [4.69, 9.17) is 12.2 Å². The highest BCUT2D eigenvalue weighted by atomic mass is 32.2. The van der Waals surface area contributed by atoms with Gasteiger partial charge in [-0.25, -0.2) is 0 Å². The number of hydrazine groups is 1. The fourth-order valence-electron chi connectivity index (χ4n) is 1.47. The molecule has 1 aromatic rings. The van der Waals surface area contributed by atoms with Gasteiger partial charge in [0.1, 0.15) is 0 Å². The lowest BCUT2D eigenvalue weighted by Gasteiger charge is -2.23. The predicted octanol–water partition coefficient (Wildman–Crippen LogP) is 2.77. The van der Waals surface area contributed by atoms with Gasteiger partial charge in [-0.3, -0.25) is 15.6 Å². The molecule has 1 aromatic carbocycles. The van der Waals surface area contributed by atoms with Gasteiger partial charge >= 0.3 is 0 Å². The Morgan fingerprint density at radius 1 is 1.19 bits per heavy atom. The van der Waals surface area contributed by atoms with Gasteiger partial charge in [-0.1, -0.05) is 17.7 Å². The maximum atomic E-state index is 12.0. The number of nitrogens with one attached hydrogen (secondary N) is 3. The molecule has 0 spiro atoms. The number of thioether (sulfide) groups is 1. The van der Waals surface area contributed by atoms with Crippen LogP contribution in [0.3, 0.4) is 0 Å². The molecule has 0 unspecified atom stereocenters. The summed E-state index contributed by atoms with van der Waals surface area (Å²) in [5.74, 6) is -0.112. The number of carbonyl (C=O) groups excluding carboxylic acids is 1. The molecule has 1 amide bonds. The number of thiocarbonyl (C=S) groups is 1. The molecule has 6 heteroatoms. The van der Waals surface area contributed by atoms with E-state index in [9.17, 15) is 4.79 Å². The van der Waals surface area contributed by atoms with Crippen LogP contribution in [-0.2, 0) is 4.79 Å². The van der Waals surface area contributed by atoms with Crippen molar-refractivity contribution in [3.63, 3.8) is 0 Å². The molecule has 0 aliphatic carbocycles. The summed E-state index contributed by atoms with van der Waals surface area (Å²) in [4.78, 5) is 13.1. The standard InChI is InChI=1S/C15H23N3OS2/c1-10-6-8-12(9-7-10)21-11(2)13(19)17-18-14(20)16-15(3,4)5/h6-9,11H,1-5H3,(H,17,19)(H2,16,18,20)/t11-/m0/s1. The van der Waals surface area contributed by atoms with Crippen LogP contribution >= 0.6 is 24.0 Å². The molecular formula is C15H23N3OS2. The average molecular weight is 326 g/mol. The van der Waals surface area contributed by atoms with Crippen LogP contribution in [0.2, 0.25) is 0 Å². The molecule has 116 valence electrons. The van der Waals surface area contributed by atoms with Crippen molar-refractivity contribution < 1.29 is 4.79 Å². The van der Waals surface area contributed by atoms with Crippen LogP contribution in [0.25, 0.3) is 0 Å². The van der Waals surface area contributed by atoms with E-state index in [2.05, 4.69) is 16.2 Å². The quantitative estimate of drug-likeness (QED) is 0.453. The molecule has 1 rings (SSSR count). The molecule has 1 atom stereocenters. The minimum atomic E-state index is -0.211. The molecule has 0 radical (unpaired) electrons. The Morgan fingerprint density at radius 3 is 2.29 bits per heavy atom. The molecule has 21 heavy (non-hydrogen) atoms. The summed E-state index contributed by atoms with van der Waals surface area (Å²) in [6.45, 7) is 9.90. The van der Waals surface area contributed by atoms with Crippen molar-refractivity contribution in [3.05, 3.63) is 29.8 Å². The molecule has 0 bridgehead atoms. The molecule has 0 aliphatic heterocycles. The van der Waals surface area contributed by atoms with Crippen LogP contribution in [0.4, 0.5) is 0 Å². The largest absolute Gasteiger partial charge is 0.357 e. The third-order valence-electron chi connectivity index (χ3n) is 2.49. The van der Waals surface area contributed by atoms with Crippen LogP contribution in [0.15, 0.2) is 29.2 Å². The molecule has 0 saturated heterocycles. The molecule has 3 N–H and O–H groups in total. The third-order valence-corrected chi connectivity index (χ3v) is 3.81. The van der Waals surface area contributed by atoms with Crippen LogP contribution in [0.1, 0.15) is 33.3 Å². The van der Waals surface area contributed by atoms with Gasteiger partial charge in [0.15, 0.2) is 5.11 Å². The zero-order valence-electron chi connectivity index (χ0n) is 13.1. The van der Waals surface area contributed by atoms with Crippen molar-refractivity contribution in [1.82, 2.24) is 16.2 Å². The van der Waals surface area contributed by atoms with Crippen molar-refractivity contribution >= 4 is 35.0 Å². The first-order valence-electron chi connectivity index (χ1n) is 6.79. The highest BCUT2D eigenvalue weighted by Gasteiger charge is 2.15. The number of hydrogen-bond acceptors (Lipinski definition) is 3. The summed E-state index contributed by atoms with van der Waals surface area (Å²) < 4.78 is 0. The summed E-state index contributed by atoms with van der Waals surface area (Å²) in [6, 6.07) is 8.10. The zero-order valence-corrected chi connectivity index (χ0v) is 14.7. The molecule has 0 fully saturated rings. The summed E-state index contributed by atoms with van der Waals surface area (Å²) in [7, 11) is 0. The number of benzene rings is 1. The van der Waals surface area contributed by atoms with Gasteiger partial charge in [-0.15, -0.1) is 11.8 Å². The van der Waals surface area contributed by atoms with Gasteiger partial charge in [-0.2, -0.15) is 0 Å². The second-order valence-corrected chi connectivity index (χ2v) is 7.71. The predicted molar refractivity (Wildman–Crippen MR) is 93.3 cm³/mol. The number of amides is 1. The molecule has 0 heterocycles. The van der Waals surface area contributed by atoms with Gasteiger partial charge in [0, 0.05) is 10.4 Å². The Morgan fingerprint density at radius 2 is 1.76 bits per heavy atom. The maximum absolute atomic E-state index is 12.0. The van der Waals surface area contributed by atoms with Gasteiger partial charge in [0.2, 0.25) is 0 Å². The van der Waals surface area contributed by atoms with Crippen molar-refractivity contribution in [2.24, 2.45) is 0 Å². The topological polar surface area (TPSA) is 53.2 Å². The van der Waals surface area contributed by atoms with Gasteiger partial charge in [0.25, 0.3) is 5.91 Å². The Kier molecular flexibility index (Phi) is 6.48. The lowest BCUT2D eigenvalue weighted by atomic mass is 10.1. The molecule has 0 saturated carbocycles. The summed E-state index contributed by atoms with van der Waals surface area (Å²) >= 11 is 6.62. The first-order valence-corrected chi connectivity index (χ1v) is 8.07. The Labute approximate surface area is 136 Å². The smallest absolute Gasteiger partial charge is 0.251 e. The van der Waals surface area contributed by atoms with Crippen molar-refractivity contribution in [3.8, 4) is 0 Å². The minimum Gasteiger partial charge on any atom is -0.357 e. The molecular weight excluding hydrogens is 302 g/mol. The minimum absolute atomic E-state index is 0.112. The average Bonchev–Trinajstić information content (AvgIpc) is 2.36. The van der Waals surface area contributed by atoms with Crippen molar-refractivity contribution in [1.29, 1.82) is 0 Å². The van der Waals surface area contributed by atoms with Gasteiger partial charge < -0.3 is 5.32 Å². The maximum Gasteiger partial charge on any atom is 0.251 e. The van der Waals surface area contributed by atoms with E-state index in [-0.39, 0.29) is 16.7 Å². The van der Waals surface area contributed by atoms with Crippen LogP contribution in [0.5, 0.6) is 0 Å². The van der Waals surface area contributed by atoms with Gasteiger partial charge in [-0.05, 0) is 59.0 Å². The van der Waals surface area contributed by atoms with E-state index in [1.165, 1.54) is 17.3 Å². The Bertz CT molecular complexity index is 495. The highest BCUT2D eigenvalue weighted by molar-refractivity contribution is 8.00. The second-order valence-electron chi connectivity index (χ2n) is 5.89. The monoisotopic (exact) mass is 325 g/mol.